The zero-order valence-electron chi connectivity index (χ0n) is 11.3. The SMILES string of the molecule is C=C(CC(=O)c1ccc(Br)cc1)C(=O)O.c1ccccc1. The molecule has 3 nitrogen and oxygen atoms in total. The van der Waals surface area contributed by atoms with Crippen LogP contribution in [-0.2, 0) is 4.79 Å². The van der Waals surface area contributed by atoms with E-state index in [9.17, 15) is 9.59 Å². The molecule has 2 rings (SSSR count). The fourth-order valence-corrected chi connectivity index (χ4v) is 1.66. The predicted octanol–water partition coefficient (Wildman–Crippen LogP) is 4.35. The predicted molar refractivity (Wildman–Crippen MR) is 86.3 cm³/mol. The number of aliphatic carboxylic acids is 1. The Morgan fingerprint density at radius 1 is 0.952 bits per heavy atom. The fourth-order valence-electron chi connectivity index (χ4n) is 1.39. The van der Waals surface area contributed by atoms with Crippen LogP contribution in [-0.4, -0.2) is 16.9 Å². The van der Waals surface area contributed by atoms with Crippen molar-refractivity contribution in [2.24, 2.45) is 0 Å². The van der Waals surface area contributed by atoms with Crippen LogP contribution in [0, 0.1) is 0 Å². The maximum absolute atomic E-state index is 11.5. The standard InChI is InChI=1S/C11H9BrO3.C6H6/c1-7(11(14)15)6-10(13)8-2-4-9(12)5-3-8;1-2-4-6-5-3-1/h2-5H,1,6H2,(H,14,15);1-6H. The Hall–Kier alpha value is -2.20. The third kappa shape index (κ3) is 6.68. The lowest BCUT2D eigenvalue weighted by atomic mass is 10.0. The van der Waals surface area contributed by atoms with E-state index in [1.807, 2.05) is 36.4 Å². The molecule has 0 radical (unpaired) electrons. The van der Waals surface area contributed by atoms with Crippen molar-refractivity contribution in [2.75, 3.05) is 0 Å². The summed E-state index contributed by atoms with van der Waals surface area (Å²) in [7, 11) is 0. The normalized spacial score (nSPS) is 9.19. The van der Waals surface area contributed by atoms with E-state index in [1.54, 1.807) is 24.3 Å². The molecule has 21 heavy (non-hydrogen) atoms. The highest BCUT2D eigenvalue weighted by atomic mass is 79.9. The van der Waals surface area contributed by atoms with E-state index < -0.39 is 5.97 Å². The van der Waals surface area contributed by atoms with Crippen molar-refractivity contribution < 1.29 is 14.7 Å². The molecular weight excluding hydrogens is 332 g/mol. The average molecular weight is 347 g/mol. The van der Waals surface area contributed by atoms with E-state index in [4.69, 9.17) is 5.11 Å². The van der Waals surface area contributed by atoms with E-state index in [-0.39, 0.29) is 17.8 Å². The molecule has 0 bridgehead atoms. The summed E-state index contributed by atoms with van der Waals surface area (Å²) in [6.07, 6.45) is -0.156. The Balaban J connectivity index is 0.000000304. The maximum atomic E-state index is 11.5. The smallest absolute Gasteiger partial charge is 0.331 e. The van der Waals surface area contributed by atoms with Crippen LogP contribution in [0.3, 0.4) is 0 Å². The largest absolute Gasteiger partial charge is 0.478 e. The third-order valence-corrected chi connectivity index (χ3v) is 3.04. The number of carbonyl (C=O) groups is 2. The van der Waals surface area contributed by atoms with E-state index in [0.29, 0.717) is 5.56 Å². The number of Topliss-reactive ketones (excluding diaryl/α,β-unsaturated/α-hetero) is 1. The Kier molecular flexibility index (Phi) is 7.12. The van der Waals surface area contributed by atoms with Crippen LogP contribution in [0.25, 0.3) is 0 Å². The molecule has 0 atom stereocenters. The number of benzene rings is 2. The van der Waals surface area contributed by atoms with Gasteiger partial charge in [-0.3, -0.25) is 4.79 Å². The maximum Gasteiger partial charge on any atom is 0.331 e. The van der Waals surface area contributed by atoms with Crippen molar-refractivity contribution in [3.05, 3.63) is 82.9 Å². The monoisotopic (exact) mass is 346 g/mol. The molecule has 0 saturated carbocycles. The van der Waals surface area contributed by atoms with Gasteiger partial charge in [-0.2, -0.15) is 0 Å². The Morgan fingerprint density at radius 3 is 1.76 bits per heavy atom. The van der Waals surface area contributed by atoms with Crippen molar-refractivity contribution >= 4 is 27.7 Å². The highest BCUT2D eigenvalue weighted by Crippen LogP contribution is 2.13. The molecule has 0 fully saturated rings. The molecule has 0 aliphatic carbocycles. The molecule has 0 heterocycles. The van der Waals surface area contributed by atoms with E-state index in [2.05, 4.69) is 22.5 Å². The van der Waals surface area contributed by atoms with Crippen LogP contribution in [0.4, 0.5) is 0 Å². The highest BCUT2D eigenvalue weighted by Gasteiger charge is 2.11. The number of hydrogen-bond donors (Lipinski definition) is 1. The number of halogens is 1. The van der Waals surface area contributed by atoms with Crippen LogP contribution in [0.1, 0.15) is 16.8 Å². The van der Waals surface area contributed by atoms with Gasteiger partial charge in [0.2, 0.25) is 0 Å². The van der Waals surface area contributed by atoms with E-state index >= 15 is 0 Å². The minimum atomic E-state index is -1.14. The zero-order chi connectivity index (χ0) is 15.7. The lowest BCUT2D eigenvalue weighted by Crippen LogP contribution is -2.06. The number of ketones is 1. The first-order valence-electron chi connectivity index (χ1n) is 6.20. The first-order chi connectivity index (χ1) is 10.0. The van der Waals surface area contributed by atoms with Crippen LogP contribution in [0.5, 0.6) is 0 Å². The van der Waals surface area contributed by atoms with E-state index in [1.165, 1.54) is 0 Å². The van der Waals surface area contributed by atoms with Crippen molar-refractivity contribution in [3.8, 4) is 0 Å². The van der Waals surface area contributed by atoms with Gasteiger partial charge >= 0.3 is 5.97 Å². The van der Waals surface area contributed by atoms with Gasteiger partial charge in [0.1, 0.15) is 0 Å². The molecule has 0 unspecified atom stereocenters. The van der Waals surface area contributed by atoms with Crippen molar-refractivity contribution in [3.63, 3.8) is 0 Å². The molecule has 0 aliphatic heterocycles. The lowest BCUT2D eigenvalue weighted by molar-refractivity contribution is -0.132. The summed E-state index contributed by atoms with van der Waals surface area (Å²) < 4.78 is 0.871. The summed E-state index contributed by atoms with van der Waals surface area (Å²) in [5.41, 5.74) is 0.392. The van der Waals surface area contributed by atoms with Gasteiger partial charge in [0.25, 0.3) is 0 Å². The van der Waals surface area contributed by atoms with Crippen LogP contribution in [0.2, 0.25) is 0 Å². The first-order valence-corrected chi connectivity index (χ1v) is 7.00. The van der Waals surface area contributed by atoms with Crippen molar-refractivity contribution in [1.82, 2.24) is 0 Å². The summed E-state index contributed by atoms with van der Waals surface area (Å²) in [5.74, 6) is -1.38. The van der Waals surface area contributed by atoms with Gasteiger partial charge in [0, 0.05) is 22.0 Å². The molecule has 0 aliphatic rings. The molecule has 0 amide bonds. The number of carbonyl (C=O) groups excluding carboxylic acids is 1. The number of carboxylic acids is 1. The quantitative estimate of drug-likeness (QED) is 0.661. The number of carboxylic acid groups (broad SMARTS) is 1. The molecule has 2 aromatic rings. The lowest BCUT2D eigenvalue weighted by Gasteiger charge is -2.00. The molecule has 108 valence electrons. The summed E-state index contributed by atoms with van der Waals surface area (Å²) in [5, 5.41) is 8.56. The topological polar surface area (TPSA) is 54.4 Å². The summed E-state index contributed by atoms with van der Waals surface area (Å²) in [6, 6.07) is 18.7. The Labute approximate surface area is 132 Å². The number of rotatable bonds is 4. The second-order valence-electron chi connectivity index (χ2n) is 4.17. The molecule has 4 heteroatoms. The van der Waals surface area contributed by atoms with E-state index in [0.717, 1.165) is 4.47 Å². The summed E-state index contributed by atoms with van der Waals surface area (Å²) in [6.45, 7) is 3.31. The minimum Gasteiger partial charge on any atom is -0.478 e. The second-order valence-corrected chi connectivity index (χ2v) is 5.09. The Morgan fingerprint density at radius 2 is 1.38 bits per heavy atom. The highest BCUT2D eigenvalue weighted by molar-refractivity contribution is 9.10. The summed E-state index contributed by atoms with van der Waals surface area (Å²) >= 11 is 3.25. The molecule has 2 aromatic carbocycles. The van der Waals surface area contributed by atoms with Crippen LogP contribution < -0.4 is 0 Å². The second kappa shape index (κ2) is 8.87. The zero-order valence-corrected chi connectivity index (χ0v) is 12.9. The molecule has 1 N–H and O–H groups in total. The van der Waals surface area contributed by atoms with Gasteiger partial charge in [0.15, 0.2) is 5.78 Å². The van der Waals surface area contributed by atoms with Crippen LogP contribution >= 0.6 is 15.9 Å². The van der Waals surface area contributed by atoms with Gasteiger partial charge in [-0.15, -0.1) is 0 Å². The van der Waals surface area contributed by atoms with Gasteiger partial charge in [-0.25, -0.2) is 4.79 Å². The fraction of sp³-hybridized carbons (Fsp3) is 0.0588. The van der Waals surface area contributed by atoms with Gasteiger partial charge < -0.3 is 5.11 Å². The molecule has 0 aromatic heterocycles. The van der Waals surface area contributed by atoms with Crippen molar-refractivity contribution in [2.45, 2.75) is 6.42 Å². The Bertz CT molecular complexity index is 577. The molecular formula is C17H15BrO3. The summed E-state index contributed by atoms with van der Waals surface area (Å²) in [4.78, 5) is 22.0. The van der Waals surface area contributed by atoms with Gasteiger partial charge in [0.05, 0.1) is 0 Å². The third-order valence-electron chi connectivity index (χ3n) is 2.51. The molecule has 0 spiro atoms. The van der Waals surface area contributed by atoms with Gasteiger partial charge in [-0.05, 0) is 12.1 Å². The molecule has 0 saturated heterocycles. The van der Waals surface area contributed by atoms with Crippen molar-refractivity contribution in [1.29, 1.82) is 0 Å². The average Bonchev–Trinajstić information content (AvgIpc) is 2.50. The minimum absolute atomic E-state index is 0.0945. The number of hydrogen-bond acceptors (Lipinski definition) is 2. The first kappa shape index (κ1) is 16.9. The van der Waals surface area contributed by atoms with Crippen LogP contribution in [0.15, 0.2) is 77.3 Å². The van der Waals surface area contributed by atoms with Gasteiger partial charge in [-0.1, -0.05) is 71.0 Å².